The number of anilines is 1. The summed E-state index contributed by atoms with van der Waals surface area (Å²) in [5, 5.41) is 9.41. The van der Waals surface area contributed by atoms with Crippen LogP contribution in [0.1, 0.15) is 54.2 Å². The number of nitrogens with zero attached hydrogens (tertiary/aromatic N) is 1. The largest absolute Gasteiger partial charge is 0.508 e. The van der Waals surface area contributed by atoms with Crippen molar-refractivity contribution in [1.29, 1.82) is 0 Å². The smallest absolute Gasteiger partial charge is 0.115 e. The van der Waals surface area contributed by atoms with Crippen LogP contribution in [0.15, 0.2) is 59.6 Å². The summed E-state index contributed by atoms with van der Waals surface area (Å²) >= 11 is 0. The molecule has 0 saturated heterocycles. The van der Waals surface area contributed by atoms with Gasteiger partial charge >= 0.3 is 0 Å². The molecule has 0 amide bonds. The SMILES string of the molecule is CCc1cc(Cc2cc(CC)c(N)c(CC)c2)ccc1/N=C/c1ccc(O)cc1. The average Bonchev–Trinajstić information content (AvgIpc) is 2.74. The van der Waals surface area contributed by atoms with Gasteiger partial charge in [0.05, 0.1) is 5.69 Å². The van der Waals surface area contributed by atoms with Gasteiger partial charge in [-0.15, -0.1) is 0 Å². The molecule has 0 fully saturated rings. The maximum Gasteiger partial charge on any atom is 0.115 e. The van der Waals surface area contributed by atoms with Crippen molar-refractivity contribution in [3.8, 4) is 5.75 Å². The molecule has 3 heteroatoms. The Hall–Kier alpha value is -3.07. The second-order valence-electron chi connectivity index (χ2n) is 7.38. The molecule has 0 atom stereocenters. The summed E-state index contributed by atoms with van der Waals surface area (Å²) in [6, 6.07) is 18.1. The number of hydrogen-bond acceptors (Lipinski definition) is 3. The summed E-state index contributed by atoms with van der Waals surface area (Å²) in [6.07, 6.45) is 5.58. The van der Waals surface area contributed by atoms with E-state index >= 15 is 0 Å². The predicted molar refractivity (Wildman–Crippen MR) is 124 cm³/mol. The van der Waals surface area contributed by atoms with Gasteiger partial charge in [-0.05, 0) is 89.4 Å². The molecule has 3 aromatic carbocycles. The molecule has 0 radical (unpaired) electrons. The van der Waals surface area contributed by atoms with E-state index in [9.17, 15) is 5.11 Å². The molecule has 3 rings (SSSR count). The van der Waals surface area contributed by atoms with Crippen LogP contribution in [0.25, 0.3) is 0 Å². The number of nitrogen functional groups attached to an aromatic ring is 1. The highest BCUT2D eigenvalue weighted by Gasteiger charge is 2.08. The number of aryl methyl sites for hydroxylation is 3. The Morgan fingerprint density at radius 3 is 1.97 bits per heavy atom. The molecule has 0 aliphatic heterocycles. The molecule has 29 heavy (non-hydrogen) atoms. The molecule has 0 heterocycles. The monoisotopic (exact) mass is 386 g/mol. The number of phenols is 1. The van der Waals surface area contributed by atoms with Crippen LogP contribution in [-0.2, 0) is 25.7 Å². The highest BCUT2D eigenvalue weighted by molar-refractivity contribution is 5.82. The normalized spacial score (nSPS) is 11.3. The van der Waals surface area contributed by atoms with Crippen molar-refractivity contribution in [3.05, 3.63) is 88.0 Å². The van der Waals surface area contributed by atoms with Crippen LogP contribution < -0.4 is 5.73 Å². The Labute approximate surface area is 173 Å². The van der Waals surface area contributed by atoms with Crippen LogP contribution in [-0.4, -0.2) is 11.3 Å². The second-order valence-corrected chi connectivity index (χ2v) is 7.38. The molecule has 0 aliphatic rings. The van der Waals surface area contributed by atoms with E-state index in [4.69, 9.17) is 5.73 Å². The predicted octanol–water partition coefficient (Wildman–Crippen LogP) is 6.00. The third kappa shape index (κ3) is 5.05. The van der Waals surface area contributed by atoms with E-state index in [0.29, 0.717) is 0 Å². The molecule has 0 aromatic heterocycles. The van der Waals surface area contributed by atoms with Crippen molar-refractivity contribution in [2.75, 3.05) is 5.73 Å². The van der Waals surface area contributed by atoms with E-state index in [1.54, 1.807) is 12.1 Å². The van der Waals surface area contributed by atoms with Crippen molar-refractivity contribution in [2.45, 2.75) is 46.5 Å². The fourth-order valence-electron chi connectivity index (χ4n) is 3.64. The summed E-state index contributed by atoms with van der Waals surface area (Å²) in [5.41, 5.74) is 15.5. The number of aromatic hydroxyl groups is 1. The first kappa shape index (κ1) is 20.7. The molecule has 0 saturated carbocycles. The van der Waals surface area contributed by atoms with Gasteiger partial charge in [0, 0.05) is 11.9 Å². The summed E-state index contributed by atoms with van der Waals surface area (Å²) in [5.74, 6) is 0.265. The van der Waals surface area contributed by atoms with Gasteiger partial charge in [-0.1, -0.05) is 45.0 Å². The zero-order valence-corrected chi connectivity index (χ0v) is 17.6. The van der Waals surface area contributed by atoms with Crippen molar-refractivity contribution < 1.29 is 5.11 Å². The van der Waals surface area contributed by atoms with Gasteiger partial charge in [-0.2, -0.15) is 0 Å². The molecular weight excluding hydrogens is 356 g/mol. The van der Waals surface area contributed by atoms with E-state index in [1.165, 1.54) is 27.8 Å². The van der Waals surface area contributed by atoms with Crippen molar-refractivity contribution >= 4 is 17.6 Å². The Bertz CT molecular complexity index is 979. The van der Waals surface area contributed by atoms with E-state index in [-0.39, 0.29) is 5.75 Å². The van der Waals surface area contributed by atoms with Crippen LogP contribution in [0.4, 0.5) is 11.4 Å². The molecule has 0 unspecified atom stereocenters. The van der Waals surface area contributed by atoms with Crippen molar-refractivity contribution in [1.82, 2.24) is 0 Å². The first-order chi connectivity index (χ1) is 14.0. The second kappa shape index (κ2) is 9.42. The molecular formula is C26H30N2O. The van der Waals surface area contributed by atoms with Gasteiger partial charge in [-0.25, -0.2) is 0 Å². The number of phenolic OH excluding ortho intramolecular Hbond substituents is 1. The highest BCUT2D eigenvalue weighted by atomic mass is 16.3. The minimum Gasteiger partial charge on any atom is -0.508 e. The average molecular weight is 387 g/mol. The topological polar surface area (TPSA) is 58.6 Å². The fraction of sp³-hybridized carbons (Fsp3) is 0.269. The molecule has 150 valence electrons. The minimum absolute atomic E-state index is 0.265. The molecule has 3 N–H and O–H groups in total. The summed E-state index contributed by atoms with van der Waals surface area (Å²) in [4.78, 5) is 4.67. The Kier molecular flexibility index (Phi) is 6.71. The molecule has 3 nitrogen and oxygen atoms in total. The van der Waals surface area contributed by atoms with Gasteiger partial charge in [-0.3, -0.25) is 4.99 Å². The van der Waals surface area contributed by atoms with Gasteiger partial charge in [0.15, 0.2) is 0 Å². The lowest BCUT2D eigenvalue weighted by atomic mass is 9.95. The lowest BCUT2D eigenvalue weighted by molar-refractivity contribution is 0.475. The maximum absolute atomic E-state index is 9.41. The van der Waals surface area contributed by atoms with Crippen molar-refractivity contribution in [3.63, 3.8) is 0 Å². The molecule has 3 aromatic rings. The quantitative estimate of drug-likeness (QED) is 0.386. The number of rotatable bonds is 7. The number of benzene rings is 3. The van der Waals surface area contributed by atoms with Crippen LogP contribution in [0.2, 0.25) is 0 Å². The highest BCUT2D eigenvalue weighted by Crippen LogP contribution is 2.26. The van der Waals surface area contributed by atoms with Gasteiger partial charge < -0.3 is 10.8 Å². The van der Waals surface area contributed by atoms with Crippen molar-refractivity contribution in [2.24, 2.45) is 4.99 Å². The third-order valence-electron chi connectivity index (χ3n) is 5.35. The molecule has 0 spiro atoms. The van der Waals surface area contributed by atoms with Crippen LogP contribution in [0.5, 0.6) is 5.75 Å². The van der Waals surface area contributed by atoms with Crippen LogP contribution in [0.3, 0.4) is 0 Å². The van der Waals surface area contributed by atoms with E-state index in [0.717, 1.165) is 42.6 Å². The third-order valence-corrected chi connectivity index (χ3v) is 5.35. The Morgan fingerprint density at radius 1 is 0.793 bits per heavy atom. The molecule has 0 bridgehead atoms. The van der Waals surface area contributed by atoms with Gasteiger partial charge in [0.1, 0.15) is 5.75 Å². The van der Waals surface area contributed by atoms with Gasteiger partial charge in [0.25, 0.3) is 0 Å². The first-order valence-corrected chi connectivity index (χ1v) is 10.4. The Balaban J connectivity index is 1.84. The van der Waals surface area contributed by atoms with E-state index in [2.05, 4.69) is 56.1 Å². The number of nitrogens with two attached hydrogens (primary N) is 1. The zero-order valence-electron chi connectivity index (χ0n) is 17.6. The first-order valence-electron chi connectivity index (χ1n) is 10.4. The fourth-order valence-corrected chi connectivity index (χ4v) is 3.64. The van der Waals surface area contributed by atoms with E-state index in [1.807, 2.05) is 18.3 Å². The number of hydrogen-bond donors (Lipinski definition) is 2. The number of aliphatic imine (C=N–C) groups is 1. The lowest BCUT2D eigenvalue weighted by Crippen LogP contribution is -2.01. The summed E-state index contributed by atoms with van der Waals surface area (Å²) in [6.45, 7) is 6.47. The standard InChI is InChI=1S/C26H30N2O/c1-4-21-14-19(13-20-15-22(5-2)26(27)23(6-3)16-20)9-12-25(21)28-17-18-7-10-24(29)11-8-18/h7-12,14-17,29H,4-6,13,27H2,1-3H3/b28-17+. The minimum atomic E-state index is 0.265. The Morgan fingerprint density at radius 2 is 1.38 bits per heavy atom. The lowest BCUT2D eigenvalue weighted by Gasteiger charge is -2.13. The zero-order chi connectivity index (χ0) is 20.8. The van der Waals surface area contributed by atoms with E-state index < -0.39 is 0 Å². The molecule has 0 aliphatic carbocycles. The summed E-state index contributed by atoms with van der Waals surface area (Å²) in [7, 11) is 0. The maximum atomic E-state index is 9.41. The van der Waals surface area contributed by atoms with Gasteiger partial charge in [0.2, 0.25) is 0 Å². The van der Waals surface area contributed by atoms with Crippen LogP contribution in [0, 0.1) is 0 Å². The summed E-state index contributed by atoms with van der Waals surface area (Å²) < 4.78 is 0. The van der Waals surface area contributed by atoms with Crippen LogP contribution >= 0.6 is 0 Å².